The van der Waals surface area contributed by atoms with Gasteiger partial charge in [0.25, 0.3) is 0 Å². The van der Waals surface area contributed by atoms with E-state index in [-0.39, 0.29) is 0 Å². The maximum Gasteiger partial charge on any atom is 0.223 e. The number of rotatable bonds is 2. The number of aromatic nitrogens is 3. The molecule has 2 bridgehead atoms. The molecule has 114 valence electrons. The third-order valence-electron chi connectivity index (χ3n) is 5.98. The van der Waals surface area contributed by atoms with Crippen LogP contribution in [0.15, 0.2) is 0 Å². The van der Waals surface area contributed by atoms with Crippen LogP contribution in [0.25, 0.3) is 0 Å². The van der Waals surface area contributed by atoms with Crippen LogP contribution in [-0.2, 0) is 0 Å². The Morgan fingerprint density at radius 2 is 1.52 bits per heavy atom. The van der Waals surface area contributed by atoms with Gasteiger partial charge in [0.15, 0.2) is 0 Å². The Hall–Kier alpha value is -1.19. The Bertz CT molecular complexity index is 508. The van der Waals surface area contributed by atoms with Gasteiger partial charge in [-0.1, -0.05) is 32.1 Å². The number of anilines is 1. The highest BCUT2D eigenvalue weighted by atomic mass is 15.1. The van der Waals surface area contributed by atoms with Crippen molar-refractivity contribution in [3.63, 3.8) is 0 Å². The van der Waals surface area contributed by atoms with Gasteiger partial charge in [-0.2, -0.15) is 9.97 Å². The molecule has 3 fully saturated rings. The van der Waals surface area contributed by atoms with Crippen LogP contribution in [0.5, 0.6) is 0 Å². The van der Waals surface area contributed by atoms with E-state index in [0.717, 1.165) is 23.5 Å². The highest BCUT2D eigenvalue weighted by Gasteiger charge is 2.42. The SMILES string of the molecule is Nc1nc(C2CCCCCC2)nc(C2CC3CCC2C3)n1. The van der Waals surface area contributed by atoms with Crippen molar-refractivity contribution in [2.24, 2.45) is 11.8 Å². The van der Waals surface area contributed by atoms with Gasteiger partial charge in [0.05, 0.1) is 0 Å². The molecule has 0 radical (unpaired) electrons. The van der Waals surface area contributed by atoms with E-state index in [1.807, 2.05) is 0 Å². The van der Waals surface area contributed by atoms with E-state index < -0.39 is 0 Å². The zero-order chi connectivity index (χ0) is 14.2. The summed E-state index contributed by atoms with van der Waals surface area (Å²) < 4.78 is 0. The Labute approximate surface area is 127 Å². The summed E-state index contributed by atoms with van der Waals surface area (Å²) in [6, 6.07) is 0. The lowest BCUT2D eigenvalue weighted by Gasteiger charge is -2.21. The van der Waals surface area contributed by atoms with Crippen molar-refractivity contribution in [3.05, 3.63) is 11.6 Å². The molecule has 3 atom stereocenters. The maximum absolute atomic E-state index is 6.01. The molecule has 1 aromatic heterocycles. The van der Waals surface area contributed by atoms with Crippen LogP contribution in [0.3, 0.4) is 0 Å². The topological polar surface area (TPSA) is 64.7 Å². The predicted octanol–water partition coefficient (Wildman–Crippen LogP) is 3.80. The second-order valence-corrected chi connectivity index (χ2v) is 7.38. The fraction of sp³-hybridized carbons (Fsp3) is 0.824. The zero-order valence-corrected chi connectivity index (χ0v) is 12.8. The molecule has 4 rings (SSSR count). The third kappa shape index (κ3) is 2.65. The van der Waals surface area contributed by atoms with E-state index >= 15 is 0 Å². The Kier molecular flexibility index (Phi) is 3.56. The second-order valence-electron chi connectivity index (χ2n) is 7.38. The van der Waals surface area contributed by atoms with Gasteiger partial charge in [0.2, 0.25) is 5.95 Å². The van der Waals surface area contributed by atoms with Crippen molar-refractivity contribution in [3.8, 4) is 0 Å². The zero-order valence-electron chi connectivity index (χ0n) is 12.8. The molecule has 1 heterocycles. The minimum atomic E-state index is 0.446. The summed E-state index contributed by atoms with van der Waals surface area (Å²) in [4.78, 5) is 13.9. The molecule has 3 aliphatic rings. The van der Waals surface area contributed by atoms with Crippen LogP contribution in [0, 0.1) is 11.8 Å². The molecule has 1 aromatic rings. The van der Waals surface area contributed by atoms with Gasteiger partial charge < -0.3 is 5.73 Å². The number of hydrogen-bond donors (Lipinski definition) is 1. The van der Waals surface area contributed by atoms with E-state index in [9.17, 15) is 0 Å². The van der Waals surface area contributed by atoms with Crippen LogP contribution in [0.4, 0.5) is 5.95 Å². The van der Waals surface area contributed by atoms with Gasteiger partial charge in [-0.15, -0.1) is 0 Å². The van der Waals surface area contributed by atoms with E-state index in [4.69, 9.17) is 10.7 Å². The van der Waals surface area contributed by atoms with Crippen molar-refractivity contribution >= 4 is 5.95 Å². The summed E-state index contributed by atoms with van der Waals surface area (Å²) in [5.74, 6) is 5.23. The molecule has 0 aromatic carbocycles. The first-order valence-corrected chi connectivity index (χ1v) is 8.81. The smallest absolute Gasteiger partial charge is 0.223 e. The molecule has 21 heavy (non-hydrogen) atoms. The Morgan fingerprint density at radius 1 is 0.762 bits per heavy atom. The van der Waals surface area contributed by atoms with Crippen LogP contribution in [0.2, 0.25) is 0 Å². The van der Waals surface area contributed by atoms with Crippen molar-refractivity contribution in [2.45, 2.75) is 76.0 Å². The summed E-state index contributed by atoms with van der Waals surface area (Å²) in [6.45, 7) is 0. The number of fused-ring (bicyclic) bond motifs is 2. The highest BCUT2D eigenvalue weighted by molar-refractivity contribution is 5.21. The van der Waals surface area contributed by atoms with E-state index in [1.54, 1.807) is 0 Å². The quantitative estimate of drug-likeness (QED) is 0.840. The molecular weight excluding hydrogens is 260 g/mol. The first-order chi connectivity index (χ1) is 10.3. The van der Waals surface area contributed by atoms with Crippen LogP contribution in [0.1, 0.15) is 87.7 Å². The maximum atomic E-state index is 6.01. The molecule has 4 nitrogen and oxygen atoms in total. The molecule has 4 heteroatoms. The summed E-state index contributed by atoms with van der Waals surface area (Å²) in [5.41, 5.74) is 6.01. The first-order valence-electron chi connectivity index (χ1n) is 8.81. The average molecular weight is 286 g/mol. The number of nitrogen functional groups attached to an aromatic ring is 1. The monoisotopic (exact) mass is 286 g/mol. The van der Waals surface area contributed by atoms with E-state index in [0.29, 0.717) is 17.8 Å². The van der Waals surface area contributed by atoms with Crippen LogP contribution < -0.4 is 5.73 Å². The van der Waals surface area contributed by atoms with Crippen molar-refractivity contribution < 1.29 is 0 Å². The van der Waals surface area contributed by atoms with Crippen molar-refractivity contribution in [2.75, 3.05) is 5.73 Å². The van der Waals surface area contributed by atoms with Gasteiger partial charge >= 0.3 is 0 Å². The molecule has 0 amide bonds. The molecule has 2 N–H and O–H groups in total. The fourth-order valence-electron chi connectivity index (χ4n) is 4.87. The largest absolute Gasteiger partial charge is 0.368 e. The summed E-state index contributed by atoms with van der Waals surface area (Å²) in [5, 5.41) is 0. The molecule has 0 spiro atoms. The molecule has 0 aliphatic heterocycles. The van der Waals surface area contributed by atoms with Crippen LogP contribution in [-0.4, -0.2) is 15.0 Å². The third-order valence-corrected chi connectivity index (χ3v) is 5.98. The molecule has 0 saturated heterocycles. The highest BCUT2D eigenvalue weighted by Crippen LogP contribution is 2.52. The normalized spacial score (nSPS) is 33.2. The lowest BCUT2D eigenvalue weighted by Crippen LogP contribution is -2.17. The molecule has 3 unspecified atom stereocenters. The van der Waals surface area contributed by atoms with E-state index in [1.165, 1.54) is 64.2 Å². The average Bonchev–Trinajstić information content (AvgIpc) is 3.01. The predicted molar refractivity (Wildman–Crippen MR) is 82.9 cm³/mol. The van der Waals surface area contributed by atoms with Crippen molar-refractivity contribution in [1.82, 2.24) is 15.0 Å². The minimum Gasteiger partial charge on any atom is -0.368 e. The summed E-state index contributed by atoms with van der Waals surface area (Å²) in [7, 11) is 0. The lowest BCUT2D eigenvalue weighted by molar-refractivity contribution is 0.401. The fourth-order valence-corrected chi connectivity index (χ4v) is 4.87. The van der Waals surface area contributed by atoms with Crippen molar-refractivity contribution in [1.29, 1.82) is 0 Å². The van der Waals surface area contributed by atoms with Gasteiger partial charge in [-0.25, -0.2) is 4.98 Å². The van der Waals surface area contributed by atoms with Gasteiger partial charge in [-0.05, 0) is 43.9 Å². The van der Waals surface area contributed by atoms with Gasteiger partial charge in [-0.3, -0.25) is 0 Å². The van der Waals surface area contributed by atoms with Gasteiger partial charge in [0.1, 0.15) is 11.6 Å². The molecular formula is C17H26N4. The Balaban J connectivity index is 1.60. The van der Waals surface area contributed by atoms with Gasteiger partial charge in [0, 0.05) is 11.8 Å². The lowest BCUT2D eigenvalue weighted by atomic mass is 9.88. The minimum absolute atomic E-state index is 0.446. The Morgan fingerprint density at radius 3 is 2.19 bits per heavy atom. The first kappa shape index (κ1) is 13.5. The van der Waals surface area contributed by atoms with Crippen LogP contribution >= 0.6 is 0 Å². The standard InChI is InChI=1S/C17H26N4/c18-17-20-15(12-5-3-1-2-4-6-12)19-16(21-17)14-10-11-7-8-13(14)9-11/h11-14H,1-10H2,(H2,18,19,20,21). The molecule has 3 aliphatic carbocycles. The number of nitrogens with zero attached hydrogens (tertiary/aromatic N) is 3. The number of nitrogens with two attached hydrogens (primary N) is 1. The molecule has 3 saturated carbocycles. The second kappa shape index (κ2) is 5.54. The summed E-state index contributed by atoms with van der Waals surface area (Å²) >= 11 is 0. The van der Waals surface area contributed by atoms with E-state index in [2.05, 4.69) is 9.97 Å². The number of hydrogen-bond acceptors (Lipinski definition) is 4. The summed E-state index contributed by atoms with van der Waals surface area (Å²) in [6.07, 6.45) is 13.2.